The van der Waals surface area contributed by atoms with Gasteiger partial charge >= 0.3 is 0 Å². The number of rotatable bonds is 5. The molecule has 0 unspecified atom stereocenters. The Morgan fingerprint density at radius 2 is 1.72 bits per heavy atom. The summed E-state index contributed by atoms with van der Waals surface area (Å²) >= 11 is 0. The van der Waals surface area contributed by atoms with Gasteiger partial charge < -0.3 is 5.32 Å². The van der Waals surface area contributed by atoms with Crippen LogP contribution in [0.3, 0.4) is 0 Å². The molecule has 5 nitrogen and oxygen atoms in total. The van der Waals surface area contributed by atoms with Crippen LogP contribution in [0, 0.1) is 11.8 Å². The molecule has 0 spiro atoms. The Morgan fingerprint density at radius 3 is 2.41 bits per heavy atom. The van der Waals surface area contributed by atoms with Crippen molar-refractivity contribution in [1.29, 1.82) is 0 Å². The molecular formula is C23H34N2O3S. The number of aryl methyl sites for hydroxylation is 2. The molecule has 1 aromatic carbocycles. The van der Waals surface area contributed by atoms with Gasteiger partial charge in [0, 0.05) is 25.0 Å². The minimum Gasteiger partial charge on any atom is -0.353 e. The average Bonchev–Trinajstić information content (AvgIpc) is 3.22. The van der Waals surface area contributed by atoms with E-state index in [1.165, 1.54) is 30.4 Å². The Morgan fingerprint density at radius 1 is 1.03 bits per heavy atom. The third-order valence-corrected chi connectivity index (χ3v) is 9.20. The maximum atomic E-state index is 13.1. The zero-order valence-corrected chi connectivity index (χ0v) is 18.3. The van der Waals surface area contributed by atoms with Crippen molar-refractivity contribution < 1.29 is 13.2 Å². The number of hydrogen-bond donors (Lipinski definition) is 1. The number of nitrogens with one attached hydrogen (secondary N) is 1. The summed E-state index contributed by atoms with van der Waals surface area (Å²) in [6.07, 6.45) is 10.2. The fourth-order valence-corrected chi connectivity index (χ4v) is 6.77. The van der Waals surface area contributed by atoms with Crippen molar-refractivity contribution in [3.8, 4) is 0 Å². The molecule has 1 N–H and O–H groups in total. The van der Waals surface area contributed by atoms with Crippen molar-refractivity contribution in [1.82, 2.24) is 9.62 Å². The highest BCUT2D eigenvalue weighted by molar-refractivity contribution is 7.89. The van der Waals surface area contributed by atoms with Gasteiger partial charge in [-0.2, -0.15) is 4.31 Å². The van der Waals surface area contributed by atoms with E-state index in [1.54, 1.807) is 10.4 Å². The number of amides is 1. The number of carbonyl (C=O) groups excluding carboxylic acids is 1. The molecule has 1 heterocycles. The topological polar surface area (TPSA) is 66.5 Å². The second kappa shape index (κ2) is 8.76. The molecule has 0 atom stereocenters. The van der Waals surface area contributed by atoms with Gasteiger partial charge in [-0.05, 0) is 87.0 Å². The van der Waals surface area contributed by atoms with Crippen LogP contribution in [-0.2, 0) is 27.7 Å². The lowest BCUT2D eigenvalue weighted by Crippen LogP contribution is -2.46. The first-order chi connectivity index (χ1) is 14.0. The monoisotopic (exact) mass is 418 g/mol. The van der Waals surface area contributed by atoms with Crippen LogP contribution in [0.25, 0.3) is 0 Å². The van der Waals surface area contributed by atoms with Crippen molar-refractivity contribution >= 4 is 15.9 Å². The van der Waals surface area contributed by atoms with Gasteiger partial charge in [0.25, 0.3) is 0 Å². The lowest BCUT2D eigenvalue weighted by Gasteiger charge is -2.33. The molecule has 1 saturated heterocycles. The summed E-state index contributed by atoms with van der Waals surface area (Å²) in [6, 6.07) is 5.90. The minimum atomic E-state index is -3.47. The molecule has 4 rings (SSSR count). The second-order valence-electron chi connectivity index (χ2n) is 9.10. The number of nitrogens with zero attached hydrogens (tertiary/aromatic N) is 1. The van der Waals surface area contributed by atoms with Crippen molar-refractivity contribution in [2.24, 2.45) is 11.8 Å². The highest BCUT2D eigenvalue weighted by Crippen LogP contribution is 2.30. The molecule has 1 amide bonds. The number of piperidine rings is 1. The Labute approximate surface area is 175 Å². The molecule has 2 aliphatic carbocycles. The van der Waals surface area contributed by atoms with Crippen molar-refractivity contribution in [2.45, 2.75) is 82.1 Å². The van der Waals surface area contributed by atoms with Gasteiger partial charge in [0.1, 0.15) is 0 Å². The molecule has 0 aromatic heterocycles. The van der Waals surface area contributed by atoms with Crippen LogP contribution >= 0.6 is 0 Å². The second-order valence-corrected chi connectivity index (χ2v) is 11.0. The van der Waals surface area contributed by atoms with Gasteiger partial charge in [0.05, 0.1) is 4.90 Å². The van der Waals surface area contributed by atoms with Crippen molar-refractivity contribution in [3.05, 3.63) is 29.3 Å². The summed E-state index contributed by atoms with van der Waals surface area (Å²) < 4.78 is 27.7. The number of sulfonamides is 1. The van der Waals surface area contributed by atoms with E-state index in [4.69, 9.17) is 0 Å². The zero-order chi connectivity index (χ0) is 20.4. The van der Waals surface area contributed by atoms with E-state index < -0.39 is 10.0 Å². The van der Waals surface area contributed by atoms with Gasteiger partial charge in [-0.15, -0.1) is 0 Å². The third-order valence-electron chi connectivity index (χ3n) is 7.30. The van der Waals surface area contributed by atoms with E-state index >= 15 is 0 Å². The molecule has 2 fully saturated rings. The standard InChI is InChI=1S/C23H34N2O3S/c1-2-17-6-9-21(10-7-17)24-23(26)19-12-14-25(15-13-19)29(27,28)22-11-8-18-4-3-5-20(18)16-22/h8,11,16-17,19,21H,2-7,9-10,12-15H2,1H3,(H,24,26). The Kier molecular flexibility index (Phi) is 6.30. The normalized spacial score (nSPS) is 26.2. The molecule has 1 aromatic rings. The van der Waals surface area contributed by atoms with E-state index in [0.717, 1.165) is 38.0 Å². The Hall–Kier alpha value is -1.40. The smallest absolute Gasteiger partial charge is 0.243 e. The first kappa shape index (κ1) is 20.9. The molecule has 0 bridgehead atoms. The quantitative estimate of drug-likeness (QED) is 0.793. The van der Waals surface area contributed by atoms with Crippen LogP contribution < -0.4 is 5.32 Å². The number of benzene rings is 1. The van der Waals surface area contributed by atoms with Gasteiger partial charge in [-0.3, -0.25) is 4.79 Å². The molecule has 6 heteroatoms. The molecule has 29 heavy (non-hydrogen) atoms. The maximum Gasteiger partial charge on any atom is 0.243 e. The van der Waals surface area contributed by atoms with Gasteiger partial charge in [-0.1, -0.05) is 19.4 Å². The minimum absolute atomic E-state index is 0.0645. The summed E-state index contributed by atoms with van der Waals surface area (Å²) in [4.78, 5) is 13.1. The van der Waals surface area contributed by atoms with Crippen LogP contribution in [0.2, 0.25) is 0 Å². The summed E-state index contributed by atoms with van der Waals surface area (Å²) in [6.45, 7) is 3.11. The van der Waals surface area contributed by atoms with E-state index in [1.807, 2.05) is 12.1 Å². The predicted octanol–water partition coefficient (Wildman–Crippen LogP) is 3.66. The number of carbonyl (C=O) groups is 1. The summed E-state index contributed by atoms with van der Waals surface area (Å²) in [7, 11) is -3.47. The zero-order valence-electron chi connectivity index (χ0n) is 17.5. The van der Waals surface area contributed by atoms with Gasteiger partial charge in [-0.25, -0.2) is 8.42 Å². The van der Waals surface area contributed by atoms with Crippen LogP contribution in [0.5, 0.6) is 0 Å². The highest BCUT2D eigenvalue weighted by Gasteiger charge is 2.33. The molecular weight excluding hydrogens is 384 g/mol. The van der Waals surface area contributed by atoms with Crippen LogP contribution in [0.15, 0.2) is 23.1 Å². The summed E-state index contributed by atoms with van der Waals surface area (Å²) in [5, 5.41) is 3.24. The van der Waals surface area contributed by atoms with Crippen molar-refractivity contribution in [2.75, 3.05) is 13.1 Å². The molecule has 3 aliphatic rings. The van der Waals surface area contributed by atoms with Crippen LogP contribution in [0.1, 0.15) is 69.4 Å². The molecule has 1 saturated carbocycles. The van der Waals surface area contributed by atoms with Gasteiger partial charge in [0.2, 0.25) is 15.9 Å². The van der Waals surface area contributed by atoms with E-state index in [0.29, 0.717) is 36.9 Å². The van der Waals surface area contributed by atoms with Gasteiger partial charge in [0.15, 0.2) is 0 Å². The fraction of sp³-hybridized carbons (Fsp3) is 0.696. The molecule has 160 valence electrons. The van der Waals surface area contributed by atoms with E-state index in [9.17, 15) is 13.2 Å². The lowest BCUT2D eigenvalue weighted by atomic mass is 9.84. The number of hydrogen-bond acceptors (Lipinski definition) is 3. The van der Waals surface area contributed by atoms with Crippen LogP contribution in [-0.4, -0.2) is 37.8 Å². The lowest BCUT2D eigenvalue weighted by molar-refractivity contribution is -0.127. The summed E-state index contributed by atoms with van der Waals surface area (Å²) in [5.74, 6) is 0.876. The largest absolute Gasteiger partial charge is 0.353 e. The third kappa shape index (κ3) is 4.53. The first-order valence-electron chi connectivity index (χ1n) is 11.4. The molecule has 0 radical (unpaired) electrons. The average molecular weight is 419 g/mol. The first-order valence-corrected chi connectivity index (χ1v) is 12.8. The van der Waals surface area contributed by atoms with Crippen LogP contribution in [0.4, 0.5) is 0 Å². The summed E-state index contributed by atoms with van der Waals surface area (Å²) in [5.41, 5.74) is 2.46. The maximum absolute atomic E-state index is 13.1. The predicted molar refractivity (Wildman–Crippen MR) is 114 cm³/mol. The van der Waals surface area contributed by atoms with E-state index in [-0.39, 0.29) is 11.8 Å². The Balaban J connectivity index is 1.31. The Bertz CT molecular complexity index is 836. The van der Waals surface area contributed by atoms with E-state index in [2.05, 4.69) is 12.2 Å². The SMILES string of the molecule is CCC1CCC(NC(=O)C2CCN(S(=O)(=O)c3ccc4c(c3)CCC4)CC2)CC1. The number of fused-ring (bicyclic) bond motifs is 1. The van der Waals surface area contributed by atoms with Crippen molar-refractivity contribution in [3.63, 3.8) is 0 Å². The molecule has 1 aliphatic heterocycles. The highest BCUT2D eigenvalue weighted by atomic mass is 32.2. The fourth-order valence-electron chi connectivity index (χ4n) is 5.25.